The van der Waals surface area contributed by atoms with Crippen molar-refractivity contribution in [2.75, 3.05) is 52.6 Å². The summed E-state index contributed by atoms with van der Waals surface area (Å²) in [4.78, 5) is 24.7. The second-order valence-electron chi connectivity index (χ2n) is 15.0. The first-order valence-electron chi connectivity index (χ1n) is 21.7. The number of rotatable bonds is 36. The Labute approximate surface area is 322 Å². The number of carbonyl (C=O) groups excluding carboxylic acids is 2. The molecule has 1 rings (SSSR count). The van der Waals surface area contributed by atoms with Gasteiger partial charge in [0.05, 0.1) is 13.2 Å². The Morgan fingerprint density at radius 3 is 1.16 bits per heavy atom. The Bertz CT molecular complexity index is 766. The van der Waals surface area contributed by atoms with Crippen molar-refractivity contribution in [3.63, 3.8) is 0 Å². The van der Waals surface area contributed by atoms with Crippen LogP contribution in [0.15, 0.2) is 24.3 Å². The number of unbranched alkanes of at least 4 members (excludes halogenated alkanes) is 22. The van der Waals surface area contributed by atoms with Gasteiger partial charge in [-0.1, -0.05) is 141 Å². The maximum absolute atomic E-state index is 12.4. The fraction of sp³-hybridized carbons (Fsp3) is 0.864. The molecule has 0 saturated carbocycles. The molecule has 1 aliphatic heterocycles. The lowest BCUT2D eigenvalue weighted by Crippen LogP contribution is -3.00. The van der Waals surface area contributed by atoms with Gasteiger partial charge in [0.25, 0.3) is 0 Å². The molecule has 7 heteroatoms. The summed E-state index contributed by atoms with van der Waals surface area (Å²) in [6.07, 6.45) is 43.0. The van der Waals surface area contributed by atoms with Crippen LogP contribution in [-0.4, -0.2) is 69.0 Å². The number of ether oxygens (including phenoxy) is 3. The van der Waals surface area contributed by atoms with Crippen LogP contribution in [0.5, 0.6) is 0 Å². The fourth-order valence-corrected chi connectivity index (χ4v) is 6.82. The van der Waals surface area contributed by atoms with E-state index in [1.54, 1.807) is 0 Å². The number of hydrogen-bond acceptors (Lipinski definition) is 5. The number of nitrogens with zero attached hydrogens (tertiary/aromatic N) is 1. The minimum Gasteiger partial charge on any atom is -1.00 e. The van der Waals surface area contributed by atoms with Crippen LogP contribution >= 0.6 is 0 Å². The molecule has 0 radical (unpaired) electrons. The summed E-state index contributed by atoms with van der Waals surface area (Å²) in [5.74, 6) is -0.166. The standard InChI is InChI=1S/C44H82NO5.ClH/c1-3-5-7-9-11-13-15-17-19-21-23-25-27-29-31-33-43(46)49-41-37-45(35-39-48-40-36-45)38-42-50-44(47)34-32-30-28-26-24-22-20-18-16-14-12-10-8-6-4-2;/h17-20H,3-16,21-42H2,1-2H3;1H/q+1;/p-1/b19-17+,20-18+;. The van der Waals surface area contributed by atoms with Gasteiger partial charge in [0, 0.05) is 12.8 Å². The van der Waals surface area contributed by atoms with Gasteiger partial charge in [-0.15, -0.1) is 0 Å². The molecule has 0 unspecified atom stereocenters. The SMILES string of the molecule is CCCCCCCC/C=C/CCCCCCCC(=O)OCC[N+]1(CCOC(=O)CCCCCCC/C=C/CCCCCCCC)CCOCC1.[Cl-]. The Balaban J connectivity index is 0.0000250. The Kier molecular flexibility index (Phi) is 37.3. The first-order chi connectivity index (χ1) is 24.6. The van der Waals surface area contributed by atoms with Crippen molar-refractivity contribution < 1.29 is 40.7 Å². The third-order valence-electron chi connectivity index (χ3n) is 10.4. The van der Waals surface area contributed by atoms with Crippen LogP contribution in [0.1, 0.15) is 194 Å². The molecular formula is C44H82ClNO5. The summed E-state index contributed by atoms with van der Waals surface area (Å²) in [5, 5.41) is 0. The molecule has 0 aromatic carbocycles. The molecule has 1 saturated heterocycles. The van der Waals surface area contributed by atoms with Gasteiger partial charge in [0.15, 0.2) is 0 Å². The van der Waals surface area contributed by atoms with E-state index in [0.717, 1.165) is 56.3 Å². The molecule has 0 aromatic heterocycles. The average molecular weight is 741 g/mol. The summed E-state index contributed by atoms with van der Waals surface area (Å²) in [6.45, 7) is 10.0. The van der Waals surface area contributed by atoms with Crippen molar-refractivity contribution in [2.24, 2.45) is 0 Å². The zero-order chi connectivity index (χ0) is 36.1. The molecule has 0 aromatic rings. The van der Waals surface area contributed by atoms with Crippen molar-refractivity contribution in [1.82, 2.24) is 0 Å². The van der Waals surface area contributed by atoms with E-state index in [1.807, 2.05) is 0 Å². The minimum atomic E-state index is -0.0829. The lowest BCUT2D eigenvalue weighted by molar-refractivity contribution is -0.935. The molecule has 6 nitrogen and oxygen atoms in total. The maximum Gasteiger partial charge on any atom is 0.305 e. The van der Waals surface area contributed by atoms with E-state index in [9.17, 15) is 9.59 Å². The second kappa shape index (κ2) is 38.4. The zero-order valence-corrected chi connectivity index (χ0v) is 34.4. The number of quaternary nitrogens is 1. The first-order valence-corrected chi connectivity index (χ1v) is 21.7. The van der Waals surface area contributed by atoms with Crippen LogP contribution in [0.2, 0.25) is 0 Å². The molecule has 0 spiro atoms. The molecule has 0 amide bonds. The highest BCUT2D eigenvalue weighted by Gasteiger charge is 2.31. The Morgan fingerprint density at radius 2 is 0.804 bits per heavy atom. The minimum absolute atomic E-state index is 0. The topological polar surface area (TPSA) is 61.8 Å². The van der Waals surface area contributed by atoms with Gasteiger partial charge in [-0.05, 0) is 64.2 Å². The van der Waals surface area contributed by atoms with Crippen LogP contribution < -0.4 is 12.4 Å². The number of morpholine rings is 1. The van der Waals surface area contributed by atoms with E-state index < -0.39 is 0 Å². The van der Waals surface area contributed by atoms with E-state index in [4.69, 9.17) is 14.2 Å². The van der Waals surface area contributed by atoms with Crippen molar-refractivity contribution in [1.29, 1.82) is 0 Å². The summed E-state index contributed by atoms with van der Waals surface area (Å²) < 4.78 is 17.7. The lowest BCUT2D eigenvalue weighted by Gasteiger charge is -2.40. The highest BCUT2D eigenvalue weighted by molar-refractivity contribution is 5.69. The number of hydrogen-bond donors (Lipinski definition) is 0. The predicted octanol–water partition coefficient (Wildman–Crippen LogP) is 9.00. The molecular weight excluding hydrogens is 658 g/mol. The number of halogens is 1. The van der Waals surface area contributed by atoms with Crippen molar-refractivity contribution >= 4 is 11.9 Å². The van der Waals surface area contributed by atoms with E-state index in [0.29, 0.717) is 39.3 Å². The van der Waals surface area contributed by atoms with Crippen LogP contribution in [0.3, 0.4) is 0 Å². The molecule has 1 fully saturated rings. The van der Waals surface area contributed by atoms with Crippen LogP contribution in [0.25, 0.3) is 0 Å². The van der Waals surface area contributed by atoms with Crippen molar-refractivity contribution in [2.45, 2.75) is 194 Å². The maximum atomic E-state index is 12.4. The van der Waals surface area contributed by atoms with E-state index in [1.165, 1.54) is 141 Å². The van der Waals surface area contributed by atoms with E-state index in [2.05, 4.69) is 38.2 Å². The van der Waals surface area contributed by atoms with E-state index in [-0.39, 0.29) is 24.3 Å². The summed E-state index contributed by atoms with van der Waals surface area (Å²) in [5.41, 5.74) is 0. The monoisotopic (exact) mass is 740 g/mol. The Hall–Kier alpha value is -1.37. The quantitative estimate of drug-likeness (QED) is 0.0278. The van der Waals surface area contributed by atoms with Gasteiger partial charge < -0.3 is 31.1 Å². The summed E-state index contributed by atoms with van der Waals surface area (Å²) >= 11 is 0. The number of carbonyl (C=O) groups is 2. The van der Waals surface area contributed by atoms with Gasteiger partial charge in [0.2, 0.25) is 0 Å². The molecule has 1 aliphatic rings. The second-order valence-corrected chi connectivity index (χ2v) is 15.0. The van der Waals surface area contributed by atoms with Crippen LogP contribution in [-0.2, 0) is 23.8 Å². The van der Waals surface area contributed by atoms with Crippen LogP contribution in [0.4, 0.5) is 0 Å². The third kappa shape index (κ3) is 33.0. The smallest absolute Gasteiger partial charge is 0.305 e. The Morgan fingerprint density at radius 1 is 0.490 bits per heavy atom. The van der Waals surface area contributed by atoms with Gasteiger partial charge in [-0.2, -0.15) is 0 Å². The zero-order valence-electron chi connectivity index (χ0n) is 33.6. The van der Waals surface area contributed by atoms with Crippen molar-refractivity contribution in [3.8, 4) is 0 Å². The van der Waals surface area contributed by atoms with Crippen molar-refractivity contribution in [3.05, 3.63) is 24.3 Å². The highest BCUT2D eigenvalue weighted by Crippen LogP contribution is 2.14. The molecule has 51 heavy (non-hydrogen) atoms. The normalized spacial score (nSPS) is 14.2. The largest absolute Gasteiger partial charge is 1.00 e. The first kappa shape index (κ1) is 49.6. The number of esters is 2. The molecule has 0 aliphatic carbocycles. The summed E-state index contributed by atoms with van der Waals surface area (Å²) in [6, 6.07) is 0. The van der Waals surface area contributed by atoms with Gasteiger partial charge in [-0.3, -0.25) is 9.59 Å². The highest BCUT2D eigenvalue weighted by atomic mass is 35.5. The van der Waals surface area contributed by atoms with Gasteiger partial charge in [0.1, 0.15) is 39.4 Å². The fourth-order valence-electron chi connectivity index (χ4n) is 6.82. The molecule has 0 bridgehead atoms. The molecule has 1 heterocycles. The van der Waals surface area contributed by atoms with E-state index >= 15 is 0 Å². The predicted molar refractivity (Wildman–Crippen MR) is 211 cm³/mol. The molecule has 0 N–H and O–H groups in total. The molecule has 300 valence electrons. The van der Waals surface area contributed by atoms with Gasteiger partial charge in [-0.25, -0.2) is 0 Å². The third-order valence-corrected chi connectivity index (χ3v) is 10.4. The molecule has 0 atom stereocenters. The number of allylic oxidation sites excluding steroid dienone is 4. The van der Waals surface area contributed by atoms with Crippen LogP contribution in [0, 0.1) is 0 Å². The average Bonchev–Trinajstić information content (AvgIpc) is 3.12. The van der Waals surface area contributed by atoms with Gasteiger partial charge >= 0.3 is 11.9 Å². The lowest BCUT2D eigenvalue weighted by atomic mass is 10.1. The summed E-state index contributed by atoms with van der Waals surface area (Å²) in [7, 11) is 0.